The van der Waals surface area contributed by atoms with Gasteiger partial charge in [-0.3, -0.25) is 4.79 Å². The molecule has 112 valence electrons. The monoisotopic (exact) mass is 306 g/mol. The number of nitrogens with two attached hydrogens (primary N) is 1. The summed E-state index contributed by atoms with van der Waals surface area (Å²) in [6.07, 6.45) is 0.866. The van der Waals surface area contributed by atoms with Crippen LogP contribution in [0.25, 0.3) is 0 Å². The summed E-state index contributed by atoms with van der Waals surface area (Å²) in [7, 11) is 0. The number of amides is 1. The van der Waals surface area contributed by atoms with Gasteiger partial charge in [-0.1, -0.05) is 36.9 Å². The number of carbonyl (C=O) groups is 1. The van der Waals surface area contributed by atoms with Crippen molar-refractivity contribution < 1.29 is 9.21 Å². The molecular weight excluding hydrogens is 288 g/mol. The molecule has 0 aliphatic heterocycles. The standard InChI is InChI=1S/C14H18N4O2S/c1-3-10-6-4-5-7-11(10)16-12(19)8-21-14-18-17-13(20-14)9(2)15/h4-7,9H,3,8,15H2,1-2H3,(H,16,19)/t9-/m0/s1. The zero-order chi connectivity index (χ0) is 15.2. The molecule has 0 aliphatic rings. The number of benzene rings is 1. The Morgan fingerprint density at radius 3 is 2.86 bits per heavy atom. The van der Waals surface area contributed by atoms with Crippen LogP contribution in [0.15, 0.2) is 33.9 Å². The van der Waals surface area contributed by atoms with Crippen LogP contribution in [0.3, 0.4) is 0 Å². The Morgan fingerprint density at radius 2 is 2.19 bits per heavy atom. The van der Waals surface area contributed by atoms with Gasteiger partial charge in [0, 0.05) is 5.69 Å². The van der Waals surface area contributed by atoms with Crippen LogP contribution < -0.4 is 11.1 Å². The lowest BCUT2D eigenvalue weighted by Crippen LogP contribution is -2.15. The van der Waals surface area contributed by atoms with E-state index >= 15 is 0 Å². The molecule has 2 aromatic rings. The van der Waals surface area contributed by atoms with Gasteiger partial charge in [-0.2, -0.15) is 0 Å². The molecule has 0 spiro atoms. The van der Waals surface area contributed by atoms with Crippen molar-refractivity contribution in [2.24, 2.45) is 5.73 Å². The molecule has 7 heteroatoms. The van der Waals surface area contributed by atoms with Crippen LogP contribution in [0.1, 0.15) is 31.3 Å². The summed E-state index contributed by atoms with van der Waals surface area (Å²) >= 11 is 1.19. The highest BCUT2D eigenvalue weighted by atomic mass is 32.2. The zero-order valence-corrected chi connectivity index (χ0v) is 12.8. The van der Waals surface area contributed by atoms with Crippen molar-refractivity contribution in [2.45, 2.75) is 31.5 Å². The van der Waals surface area contributed by atoms with E-state index in [9.17, 15) is 4.79 Å². The zero-order valence-electron chi connectivity index (χ0n) is 12.0. The molecule has 0 saturated heterocycles. The SMILES string of the molecule is CCc1ccccc1NC(=O)CSc1nnc([C@H](C)N)o1. The third-order valence-electron chi connectivity index (χ3n) is 2.81. The topological polar surface area (TPSA) is 94.0 Å². The molecule has 0 radical (unpaired) electrons. The van der Waals surface area contributed by atoms with Gasteiger partial charge in [0.1, 0.15) is 0 Å². The van der Waals surface area contributed by atoms with Crippen molar-refractivity contribution in [3.8, 4) is 0 Å². The van der Waals surface area contributed by atoms with Crippen LogP contribution in [0.5, 0.6) is 0 Å². The number of nitrogens with one attached hydrogen (secondary N) is 1. The van der Waals surface area contributed by atoms with E-state index in [1.807, 2.05) is 31.2 Å². The second-order valence-electron chi connectivity index (χ2n) is 4.54. The van der Waals surface area contributed by atoms with Crippen LogP contribution in [-0.2, 0) is 11.2 Å². The Hall–Kier alpha value is -1.86. The Balaban J connectivity index is 1.89. The first-order valence-electron chi connectivity index (χ1n) is 6.69. The quantitative estimate of drug-likeness (QED) is 0.796. The number of nitrogens with zero attached hydrogens (tertiary/aromatic N) is 2. The van der Waals surface area contributed by atoms with Gasteiger partial charge in [0.05, 0.1) is 11.8 Å². The van der Waals surface area contributed by atoms with E-state index in [4.69, 9.17) is 10.2 Å². The number of hydrogen-bond donors (Lipinski definition) is 2. The lowest BCUT2D eigenvalue weighted by molar-refractivity contribution is -0.113. The lowest BCUT2D eigenvalue weighted by Gasteiger charge is -2.08. The molecule has 0 aliphatic carbocycles. The molecule has 0 saturated carbocycles. The summed E-state index contributed by atoms with van der Waals surface area (Å²) in [5.74, 6) is 0.467. The second-order valence-corrected chi connectivity index (χ2v) is 5.47. The van der Waals surface area contributed by atoms with E-state index in [1.165, 1.54) is 11.8 Å². The highest BCUT2D eigenvalue weighted by molar-refractivity contribution is 7.99. The molecule has 0 unspecified atom stereocenters. The van der Waals surface area contributed by atoms with Gasteiger partial charge in [-0.25, -0.2) is 0 Å². The maximum Gasteiger partial charge on any atom is 0.277 e. The van der Waals surface area contributed by atoms with Gasteiger partial charge in [0.25, 0.3) is 5.22 Å². The van der Waals surface area contributed by atoms with Gasteiger partial charge in [0.2, 0.25) is 11.8 Å². The molecule has 0 bridgehead atoms. The summed E-state index contributed by atoms with van der Waals surface area (Å²) in [4.78, 5) is 11.9. The highest BCUT2D eigenvalue weighted by Crippen LogP contribution is 2.20. The van der Waals surface area contributed by atoms with E-state index < -0.39 is 0 Å². The van der Waals surface area contributed by atoms with Crippen molar-refractivity contribution in [3.05, 3.63) is 35.7 Å². The molecule has 1 aromatic heterocycles. The Kier molecular flexibility index (Phi) is 5.35. The third-order valence-corrected chi connectivity index (χ3v) is 3.63. The van der Waals surface area contributed by atoms with E-state index in [2.05, 4.69) is 15.5 Å². The highest BCUT2D eigenvalue weighted by Gasteiger charge is 2.12. The number of rotatable bonds is 6. The van der Waals surface area contributed by atoms with Crippen LogP contribution in [0.2, 0.25) is 0 Å². The van der Waals surface area contributed by atoms with Crippen molar-refractivity contribution in [3.63, 3.8) is 0 Å². The maximum atomic E-state index is 11.9. The largest absolute Gasteiger partial charge is 0.414 e. The Bertz CT molecular complexity index is 613. The summed E-state index contributed by atoms with van der Waals surface area (Å²) in [6.45, 7) is 3.81. The summed E-state index contributed by atoms with van der Waals surface area (Å²) in [5, 5.41) is 10.9. The van der Waals surface area contributed by atoms with E-state index in [-0.39, 0.29) is 17.7 Å². The fraction of sp³-hybridized carbons (Fsp3) is 0.357. The smallest absolute Gasteiger partial charge is 0.277 e. The molecule has 3 N–H and O–H groups in total. The molecule has 21 heavy (non-hydrogen) atoms. The van der Waals surface area contributed by atoms with Crippen molar-refractivity contribution in [1.82, 2.24) is 10.2 Å². The van der Waals surface area contributed by atoms with Crippen LogP contribution in [0.4, 0.5) is 5.69 Å². The number of hydrogen-bond acceptors (Lipinski definition) is 6. The predicted octanol–water partition coefficient (Wildman–Crippen LogP) is 2.38. The minimum absolute atomic E-state index is 0.110. The van der Waals surface area contributed by atoms with E-state index in [0.29, 0.717) is 11.1 Å². The first-order chi connectivity index (χ1) is 10.1. The fourth-order valence-electron chi connectivity index (χ4n) is 1.73. The number of aryl methyl sites for hydroxylation is 1. The molecule has 0 fully saturated rings. The van der Waals surface area contributed by atoms with Gasteiger partial charge < -0.3 is 15.5 Å². The second kappa shape index (κ2) is 7.24. The van der Waals surface area contributed by atoms with Gasteiger partial charge >= 0.3 is 0 Å². The van der Waals surface area contributed by atoms with Crippen molar-refractivity contribution >= 4 is 23.4 Å². The number of aromatic nitrogens is 2. The number of thioether (sulfide) groups is 1. The number of carbonyl (C=O) groups excluding carboxylic acids is 1. The molecule has 6 nitrogen and oxygen atoms in total. The average molecular weight is 306 g/mol. The normalized spacial score (nSPS) is 12.1. The summed E-state index contributed by atoms with van der Waals surface area (Å²) in [6, 6.07) is 7.43. The van der Waals surface area contributed by atoms with Crippen LogP contribution >= 0.6 is 11.8 Å². The maximum absolute atomic E-state index is 11.9. The Labute approximate surface area is 127 Å². The minimum Gasteiger partial charge on any atom is -0.414 e. The summed E-state index contributed by atoms with van der Waals surface area (Å²) in [5.41, 5.74) is 7.58. The average Bonchev–Trinajstić information content (AvgIpc) is 2.95. The third kappa shape index (κ3) is 4.30. The summed E-state index contributed by atoms with van der Waals surface area (Å²) < 4.78 is 5.33. The fourth-order valence-corrected chi connectivity index (χ4v) is 2.30. The predicted molar refractivity (Wildman–Crippen MR) is 82.1 cm³/mol. The molecular formula is C14H18N4O2S. The molecule has 1 amide bonds. The van der Waals surface area contributed by atoms with E-state index in [0.717, 1.165) is 17.7 Å². The minimum atomic E-state index is -0.308. The van der Waals surface area contributed by atoms with Crippen LogP contribution in [0, 0.1) is 0 Å². The van der Waals surface area contributed by atoms with Gasteiger partial charge in [-0.15, -0.1) is 10.2 Å². The van der Waals surface area contributed by atoms with Crippen molar-refractivity contribution in [2.75, 3.05) is 11.1 Å². The first kappa shape index (κ1) is 15.5. The van der Waals surface area contributed by atoms with Gasteiger partial charge in [-0.05, 0) is 25.0 Å². The molecule has 1 atom stereocenters. The molecule has 1 heterocycles. The first-order valence-corrected chi connectivity index (χ1v) is 7.68. The number of para-hydroxylation sites is 1. The lowest BCUT2D eigenvalue weighted by atomic mass is 10.1. The Morgan fingerprint density at radius 1 is 1.43 bits per heavy atom. The molecule has 2 rings (SSSR count). The van der Waals surface area contributed by atoms with E-state index in [1.54, 1.807) is 6.92 Å². The number of anilines is 1. The van der Waals surface area contributed by atoms with Gasteiger partial charge in [0.15, 0.2) is 0 Å². The van der Waals surface area contributed by atoms with Crippen molar-refractivity contribution in [1.29, 1.82) is 0 Å². The van der Waals surface area contributed by atoms with Crippen LogP contribution in [-0.4, -0.2) is 21.9 Å². The molecule has 1 aromatic carbocycles.